The molecule has 2 aromatic carbocycles. The van der Waals surface area contributed by atoms with E-state index in [0.29, 0.717) is 24.3 Å². The number of para-hydroxylation sites is 1. The SMILES string of the molecule is CN1C(=O)CCC1C(=O)Nc1ccc(Oc2ccccc2)cc1. The average molecular weight is 310 g/mol. The fourth-order valence-corrected chi connectivity index (χ4v) is 2.57. The van der Waals surface area contributed by atoms with Gasteiger partial charge in [-0.3, -0.25) is 9.59 Å². The predicted molar refractivity (Wildman–Crippen MR) is 87.4 cm³/mol. The minimum absolute atomic E-state index is 0.0109. The van der Waals surface area contributed by atoms with E-state index in [1.54, 1.807) is 31.3 Å². The van der Waals surface area contributed by atoms with E-state index in [1.807, 2.05) is 30.3 Å². The van der Waals surface area contributed by atoms with Crippen molar-refractivity contribution in [1.29, 1.82) is 0 Å². The van der Waals surface area contributed by atoms with Gasteiger partial charge in [0.1, 0.15) is 17.5 Å². The van der Waals surface area contributed by atoms with Gasteiger partial charge >= 0.3 is 0 Å². The summed E-state index contributed by atoms with van der Waals surface area (Å²) in [4.78, 5) is 25.2. The molecule has 0 aliphatic carbocycles. The molecule has 1 N–H and O–H groups in total. The Morgan fingerprint density at radius 3 is 2.35 bits per heavy atom. The van der Waals surface area contributed by atoms with Gasteiger partial charge in [0.05, 0.1) is 0 Å². The third-order valence-electron chi connectivity index (χ3n) is 3.90. The number of nitrogens with zero attached hydrogens (tertiary/aromatic N) is 1. The molecule has 1 aliphatic rings. The summed E-state index contributed by atoms with van der Waals surface area (Å²) in [5, 5.41) is 2.84. The summed E-state index contributed by atoms with van der Waals surface area (Å²) in [5.74, 6) is 1.31. The highest BCUT2D eigenvalue weighted by Gasteiger charge is 2.33. The average Bonchev–Trinajstić information content (AvgIpc) is 2.90. The second-order valence-electron chi connectivity index (χ2n) is 5.49. The summed E-state index contributed by atoms with van der Waals surface area (Å²) in [6.07, 6.45) is 0.995. The zero-order chi connectivity index (χ0) is 16.2. The first-order valence-corrected chi connectivity index (χ1v) is 7.53. The van der Waals surface area contributed by atoms with E-state index in [2.05, 4.69) is 5.32 Å². The van der Waals surface area contributed by atoms with Crippen LogP contribution in [-0.4, -0.2) is 29.8 Å². The summed E-state index contributed by atoms with van der Waals surface area (Å²) in [5.41, 5.74) is 0.683. The van der Waals surface area contributed by atoms with Crippen LogP contribution in [0.5, 0.6) is 11.5 Å². The number of hydrogen-bond acceptors (Lipinski definition) is 3. The first kappa shape index (κ1) is 15.1. The monoisotopic (exact) mass is 310 g/mol. The van der Waals surface area contributed by atoms with Gasteiger partial charge in [0, 0.05) is 19.2 Å². The molecule has 1 aliphatic heterocycles. The topological polar surface area (TPSA) is 58.6 Å². The van der Waals surface area contributed by atoms with Gasteiger partial charge in [0.2, 0.25) is 11.8 Å². The van der Waals surface area contributed by atoms with E-state index in [1.165, 1.54) is 4.90 Å². The number of anilines is 1. The summed E-state index contributed by atoms with van der Waals surface area (Å²) < 4.78 is 5.70. The minimum Gasteiger partial charge on any atom is -0.457 e. The number of likely N-dealkylation sites (tertiary alicyclic amines) is 1. The summed E-state index contributed by atoms with van der Waals surface area (Å²) in [6.45, 7) is 0. The van der Waals surface area contributed by atoms with E-state index < -0.39 is 0 Å². The molecule has 0 radical (unpaired) electrons. The normalized spacial score (nSPS) is 17.2. The third kappa shape index (κ3) is 3.51. The van der Waals surface area contributed by atoms with Crippen molar-refractivity contribution in [3.05, 3.63) is 54.6 Å². The van der Waals surface area contributed by atoms with Gasteiger partial charge in [-0.05, 0) is 42.8 Å². The Balaban J connectivity index is 1.61. The number of nitrogens with one attached hydrogen (secondary N) is 1. The molecular weight excluding hydrogens is 292 g/mol. The van der Waals surface area contributed by atoms with Crippen LogP contribution in [0.25, 0.3) is 0 Å². The molecule has 1 saturated heterocycles. The zero-order valence-corrected chi connectivity index (χ0v) is 12.9. The first-order chi connectivity index (χ1) is 11.1. The molecule has 0 spiro atoms. The van der Waals surface area contributed by atoms with Gasteiger partial charge in [0.25, 0.3) is 0 Å². The highest BCUT2D eigenvalue weighted by atomic mass is 16.5. The highest BCUT2D eigenvalue weighted by molar-refractivity contribution is 5.98. The van der Waals surface area contributed by atoms with Crippen LogP contribution in [0.2, 0.25) is 0 Å². The number of amides is 2. The van der Waals surface area contributed by atoms with Crippen molar-refractivity contribution in [3.8, 4) is 11.5 Å². The molecule has 0 aromatic heterocycles. The maximum atomic E-state index is 12.2. The largest absolute Gasteiger partial charge is 0.457 e. The molecule has 2 amide bonds. The molecule has 2 aromatic rings. The maximum Gasteiger partial charge on any atom is 0.247 e. The molecule has 1 heterocycles. The quantitative estimate of drug-likeness (QED) is 0.944. The standard InChI is InChI=1S/C18H18N2O3/c1-20-16(11-12-17(20)21)18(22)19-13-7-9-15(10-8-13)23-14-5-3-2-4-6-14/h2-10,16H,11-12H2,1H3,(H,19,22). The van der Waals surface area contributed by atoms with Crippen molar-refractivity contribution < 1.29 is 14.3 Å². The second kappa shape index (κ2) is 6.52. The Kier molecular flexibility index (Phi) is 4.28. The van der Waals surface area contributed by atoms with Gasteiger partial charge in [-0.15, -0.1) is 0 Å². The Labute approximate surface area is 134 Å². The van der Waals surface area contributed by atoms with Crippen molar-refractivity contribution in [2.45, 2.75) is 18.9 Å². The fourth-order valence-electron chi connectivity index (χ4n) is 2.57. The minimum atomic E-state index is -0.386. The van der Waals surface area contributed by atoms with Crippen LogP contribution >= 0.6 is 0 Å². The van der Waals surface area contributed by atoms with Crippen molar-refractivity contribution in [2.75, 3.05) is 12.4 Å². The smallest absolute Gasteiger partial charge is 0.247 e. The van der Waals surface area contributed by atoms with E-state index in [4.69, 9.17) is 4.74 Å². The molecule has 5 heteroatoms. The number of ether oxygens (including phenoxy) is 1. The van der Waals surface area contributed by atoms with Crippen molar-refractivity contribution >= 4 is 17.5 Å². The van der Waals surface area contributed by atoms with Crippen LogP contribution in [0.15, 0.2) is 54.6 Å². The van der Waals surface area contributed by atoms with Crippen molar-refractivity contribution in [1.82, 2.24) is 4.90 Å². The Morgan fingerprint density at radius 1 is 1.09 bits per heavy atom. The molecule has 118 valence electrons. The van der Waals surface area contributed by atoms with Gasteiger partial charge in [-0.25, -0.2) is 0 Å². The first-order valence-electron chi connectivity index (χ1n) is 7.53. The van der Waals surface area contributed by atoms with Gasteiger partial charge < -0.3 is 15.0 Å². The lowest BCUT2D eigenvalue weighted by atomic mass is 10.2. The molecule has 1 atom stereocenters. The van der Waals surface area contributed by atoms with E-state index in [0.717, 1.165) is 5.75 Å². The number of hydrogen-bond donors (Lipinski definition) is 1. The Hall–Kier alpha value is -2.82. The number of carbonyl (C=O) groups is 2. The van der Waals surface area contributed by atoms with Gasteiger partial charge in [0.15, 0.2) is 0 Å². The molecule has 23 heavy (non-hydrogen) atoms. The van der Waals surface area contributed by atoms with Crippen molar-refractivity contribution in [3.63, 3.8) is 0 Å². The van der Waals surface area contributed by atoms with Crippen molar-refractivity contribution in [2.24, 2.45) is 0 Å². The lowest BCUT2D eigenvalue weighted by Gasteiger charge is -2.19. The molecule has 0 bridgehead atoms. The Bertz CT molecular complexity index is 698. The number of rotatable bonds is 4. The fraction of sp³-hybridized carbons (Fsp3) is 0.222. The summed E-state index contributed by atoms with van der Waals surface area (Å²) in [6, 6.07) is 16.3. The second-order valence-corrected chi connectivity index (χ2v) is 5.49. The van der Waals surface area contributed by atoms with E-state index in [9.17, 15) is 9.59 Å². The summed E-state index contributed by atoms with van der Waals surface area (Å²) >= 11 is 0. The van der Waals surface area contributed by atoms with E-state index >= 15 is 0 Å². The van der Waals surface area contributed by atoms with Crippen LogP contribution in [0.1, 0.15) is 12.8 Å². The molecule has 0 saturated carbocycles. The van der Waals surface area contributed by atoms with Crippen LogP contribution < -0.4 is 10.1 Å². The van der Waals surface area contributed by atoms with Gasteiger partial charge in [-0.1, -0.05) is 18.2 Å². The summed E-state index contributed by atoms with van der Waals surface area (Å²) in [7, 11) is 1.66. The third-order valence-corrected chi connectivity index (χ3v) is 3.90. The Morgan fingerprint density at radius 2 is 1.74 bits per heavy atom. The molecule has 1 unspecified atom stereocenters. The number of carbonyl (C=O) groups excluding carboxylic acids is 2. The number of likely N-dealkylation sites (N-methyl/N-ethyl adjacent to an activating group) is 1. The van der Waals surface area contributed by atoms with Crippen LogP contribution in [0.4, 0.5) is 5.69 Å². The molecule has 5 nitrogen and oxygen atoms in total. The number of benzene rings is 2. The maximum absolute atomic E-state index is 12.2. The van der Waals surface area contributed by atoms with Crippen LogP contribution in [0.3, 0.4) is 0 Å². The van der Waals surface area contributed by atoms with Crippen LogP contribution in [-0.2, 0) is 9.59 Å². The lowest BCUT2D eigenvalue weighted by molar-refractivity contribution is -0.131. The van der Waals surface area contributed by atoms with E-state index in [-0.39, 0.29) is 17.9 Å². The molecular formula is C18H18N2O3. The lowest BCUT2D eigenvalue weighted by Crippen LogP contribution is -2.38. The zero-order valence-electron chi connectivity index (χ0n) is 12.9. The molecule has 3 rings (SSSR count). The highest BCUT2D eigenvalue weighted by Crippen LogP contribution is 2.23. The molecule has 1 fully saturated rings. The van der Waals surface area contributed by atoms with Gasteiger partial charge in [-0.2, -0.15) is 0 Å². The van der Waals surface area contributed by atoms with Crippen LogP contribution in [0, 0.1) is 0 Å². The predicted octanol–water partition coefficient (Wildman–Crippen LogP) is 3.04.